The smallest absolute Gasteiger partial charge is 0.261 e. The number of hydrogen-bond donors (Lipinski definition) is 2. The Morgan fingerprint density at radius 1 is 0.879 bits per heavy atom. The van der Waals surface area contributed by atoms with E-state index in [1.807, 2.05) is 38.1 Å². The van der Waals surface area contributed by atoms with Crippen LogP contribution in [0.1, 0.15) is 23.1 Å². The first-order valence-electron chi connectivity index (χ1n) is 10.4. The highest BCUT2D eigenvalue weighted by molar-refractivity contribution is 7.92. The molecule has 0 aliphatic heterocycles. The summed E-state index contributed by atoms with van der Waals surface area (Å²) in [5.41, 5.74) is 3.81. The van der Waals surface area contributed by atoms with Gasteiger partial charge >= 0.3 is 0 Å². The standard InChI is InChI=1S/C25H28N2O5S/c1-17-5-6-18(2)22(15-17)27-33(29,30)21-11-9-20(10-12-21)26-25(28)14-8-19-7-13-23(31-3)24(16-19)32-4/h5-7,9-13,15-16,27H,8,14H2,1-4H3,(H,26,28). The molecule has 8 heteroatoms. The lowest BCUT2D eigenvalue weighted by molar-refractivity contribution is -0.116. The predicted octanol–water partition coefficient (Wildman–Crippen LogP) is 4.69. The van der Waals surface area contributed by atoms with Crippen LogP contribution in [-0.2, 0) is 21.2 Å². The van der Waals surface area contributed by atoms with Crippen LogP contribution >= 0.6 is 0 Å². The van der Waals surface area contributed by atoms with Gasteiger partial charge in [-0.2, -0.15) is 0 Å². The van der Waals surface area contributed by atoms with E-state index in [1.54, 1.807) is 38.5 Å². The number of nitrogens with one attached hydrogen (secondary N) is 2. The third kappa shape index (κ3) is 6.26. The van der Waals surface area contributed by atoms with Crippen molar-refractivity contribution >= 4 is 27.3 Å². The van der Waals surface area contributed by atoms with E-state index in [4.69, 9.17) is 9.47 Å². The molecule has 0 saturated carbocycles. The normalized spacial score (nSPS) is 11.0. The van der Waals surface area contributed by atoms with Gasteiger partial charge in [0.2, 0.25) is 5.91 Å². The fraction of sp³-hybridized carbons (Fsp3) is 0.240. The van der Waals surface area contributed by atoms with Crippen LogP contribution < -0.4 is 19.5 Å². The summed E-state index contributed by atoms with van der Waals surface area (Å²) in [6.45, 7) is 3.75. The van der Waals surface area contributed by atoms with Gasteiger partial charge in [0.15, 0.2) is 11.5 Å². The molecule has 33 heavy (non-hydrogen) atoms. The van der Waals surface area contributed by atoms with E-state index in [0.29, 0.717) is 29.3 Å². The van der Waals surface area contributed by atoms with Crippen LogP contribution in [0.25, 0.3) is 0 Å². The van der Waals surface area contributed by atoms with Crippen molar-refractivity contribution in [2.24, 2.45) is 0 Å². The Morgan fingerprint density at radius 3 is 2.24 bits per heavy atom. The molecule has 1 amide bonds. The van der Waals surface area contributed by atoms with E-state index in [9.17, 15) is 13.2 Å². The van der Waals surface area contributed by atoms with Gasteiger partial charge in [0.05, 0.1) is 24.8 Å². The Morgan fingerprint density at radius 2 is 1.58 bits per heavy atom. The second kappa shape index (κ2) is 10.4. The van der Waals surface area contributed by atoms with E-state index < -0.39 is 10.0 Å². The molecule has 0 spiro atoms. The summed E-state index contributed by atoms with van der Waals surface area (Å²) in [4.78, 5) is 12.5. The molecule has 0 aliphatic carbocycles. The highest BCUT2D eigenvalue weighted by Gasteiger charge is 2.16. The molecule has 3 aromatic rings. The minimum Gasteiger partial charge on any atom is -0.493 e. The molecule has 0 aliphatic rings. The summed E-state index contributed by atoms with van der Waals surface area (Å²) in [6, 6.07) is 17.2. The topological polar surface area (TPSA) is 93.7 Å². The second-order valence-electron chi connectivity index (χ2n) is 7.69. The summed E-state index contributed by atoms with van der Waals surface area (Å²) in [6.07, 6.45) is 0.794. The zero-order chi connectivity index (χ0) is 24.0. The average Bonchev–Trinajstić information content (AvgIpc) is 2.80. The van der Waals surface area contributed by atoms with Gasteiger partial charge in [-0.1, -0.05) is 18.2 Å². The van der Waals surface area contributed by atoms with Crippen LogP contribution in [0.2, 0.25) is 0 Å². The number of anilines is 2. The molecule has 0 bridgehead atoms. The van der Waals surface area contributed by atoms with Crippen molar-refractivity contribution < 1.29 is 22.7 Å². The van der Waals surface area contributed by atoms with Gasteiger partial charge in [0, 0.05) is 12.1 Å². The maximum Gasteiger partial charge on any atom is 0.261 e. The van der Waals surface area contributed by atoms with Crippen molar-refractivity contribution in [3.05, 3.63) is 77.4 Å². The summed E-state index contributed by atoms with van der Waals surface area (Å²) < 4.78 is 38.6. The quantitative estimate of drug-likeness (QED) is 0.475. The van der Waals surface area contributed by atoms with Gasteiger partial charge < -0.3 is 14.8 Å². The Labute approximate surface area is 194 Å². The maximum atomic E-state index is 12.7. The molecule has 0 radical (unpaired) electrons. The minimum absolute atomic E-state index is 0.117. The average molecular weight is 469 g/mol. The van der Waals surface area contributed by atoms with Gasteiger partial charge in [-0.05, 0) is 79.4 Å². The Kier molecular flexibility index (Phi) is 7.60. The summed E-state index contributed by atoms with van der Waals surface area (Å²) in [7, 11) is -0.605. The number of carbonyl (C=O) groups excluding carboxylic acids is 1. The van der Waals surface area contributed by atoms with Crippen molar-refractivity contribution in [2.75, 3.05) is 24.3 Å². The molecule has 0 aromatic heterocycles. The SMILES string of the molecule is COc1ccc(CCC(=O)Nc2ccc(S(=O)(=O)Nc3cc(C)ccc3C)cc2)cc1OC. The highest BCUT2D eigenvalue weighted by Crippen LogP contribution is 2.28. The molecule has 0 unspecified atom stereocenters. The van der Waals surface area contributed by atoms with Crippen molar-refractivity contribution in [1.29, 1.82) is 0 Å². The summed E-state index contributed by atoms with van der Waals surface area (Å²) in [5, 5.41) is 2.80. The predicted molar refractivity (Wildman–Crippen MR) is 130 cm³/mol. The third-order valence-electron chi connectivity index (χ3n) is 5.17. The number of hydrogen-bond acceptors (Lipinski definition) is 5. The van der Waals surface area contributed by atoms with Crippen LogP contribution in [0.4, 0.5) is 11.4 Å². The number of rotatable bonds is 9. The molecule has 0 atom stereocenters. The fourth-order valence-corrected chi connectivity index (χ4v) is 4.41. The Bertz CT molecular complexity index is 1240. The largest absolute Gasteiger partial charge is 0.493 e. The van der Waals surface area contributed by atoms with Crippen molar-refractivity contribution in [3.63, 3.8) is 0 Å². The molecule has 3 aromatic carbocycles. The van der Waals surface area contributed by atoms with Crippen molar-refractivity contribution in [2.45, 2.75) is 31.6 Å². The van der Waals surface area contributed by atoms with Gasteiger partial charge in [-0.25, -0.2) is 8.42 Å². The number of carbonyl (C=O) groups is 1. The molecular formula is C25H28N2O5S. The van der Waals surface area contributed by atoms with Gasteiger partial charge in [0.25, 0.3) is 10.0 Å². The number of methoxy groups -OCH3 is 2. The second-order valence-corrected chi connectivity index (χ2v) is 9.37. The molecule has 7 nitrogen and oxygen atoms in total. The summed E-state index contributed by atoms with van der Waals surface area (Å²) >= 11 is 0. The third-order valence-corrected chi connectivity index (χ3v) is 6.56. The molecule has 2 N–H and O–H groups in total. The lowest BCUT2D eigenvalue weighted by Gasteiger charge is -2.12. The monoisotopic (exact) mass is 468 g/mol. The highest BCUT2D eigenvalue weighted by atomic mass is 32.2. The van der Waals surface area contributed by atoms with E-state index in [1.165, 1.54) is 12.1 Å². The van der Waals surface area contributed by atoms with E-state index in [0.717, 1.165) is 16.7 Å². The number of aryl methyl sites for hydroxylation is 3. The van der Waals surface area contributed by atoms with Crippen LogP contribution in [0.15, 0.2) is 65.6 Å². The van der Waals surface area contributed by atoms with Crippen LogP contribution in [0, 0.1) is 13.8 Å². The van der Waals surface area contributed by atoms with Crippen molar-refractivity contribution in [3.8, 4) is 11.5 Å². The van der Waals surface area contributed by atoms with E-state index in [2.05, 4.69) is 10.0 Å². The Hall–Kier alpha value is -3.52. The molecule has 174 valence electrons. The number of benzene rings is 3. The summed E-state index contributed by atoms with van der Waals surface area (Å²) in [5.74, 6) is 1.07. The number of ether oxygens (including phenoxy) is 2. The number of sulfonamides is 1. The minimum atomic E-state index is -3.74. The first kappa shape index (κ1) is 24.1. The molecule has 0 fully saturated rings. The number of amides is 1. The van der Waals surface area contributed by atoms with Crippen molar-refractivity contribution in [1.82, 2.24) is 0 Å². The first-order chi connectivity index (χ1) is 15.7. The lowest BCUT2D eigenvalue weighted by Crippen LogP contribution is -2.15. The maximum absolute atomic E-state index is 12.7. The van der Waals surface area contributed by atoms with Crippen LogP contribution in [0.3, 0.4) is 0 Å². The zero-order valence-corrected chi connectivity index (χ0v) is 20.0. The van der Waals surface area contributed by atoms with Gasteiger partial charge in [-0.3, -0.25) is 9.52 Å². The molecule has 3 rings (SSSR count). The van der Waals surface area contributed by atoms with Gasteiger partial charge in [-0.15, -0.1) is 0 Å². The van der Waals surface area contributed by atoms with E-state index >= 15 is 0 Å². The van der Waals surface area contributed by atoms with Crippen LogP contribution in [-0.4, -0.2) is 28.5 Å². The van der Waals surface area contributed by atoms with E-state index in [-0.39, 0.29) is 17.2 Å². The molecule has 0 saturated heterocycles. The first-order valence-corrected chi connectivity index (χ1v) is 11.9. The molecule has 0 heterocycles. The van der Waals surface area contributed by atoms with Gasteiger partial charge in [0.1, 0.15) is 0 Å². The zero-order valence-electron chi connectivity index (χ0n) is 19.1. The van der Waals surface area contributed by atoms with Crippen LogP contribution in [0.5, 0.6) is 11.5 Å². The lowest BCUT2D eigenvalue weighted by atomic mass is 10.1. The fourth-order valence-electron chi connectivity index (χ4n) is 3.28. The Balaban J connectivity index is 1.60. The molecular weight excluding hydrogens is 440 g/mol.